The summed E-state index contributed by atoms with van der Waals surface area (Å²) in [5.41, 5.74) is 2.51. The number of imidazole rings is 1. The summed E-state index contributed by atoms with van der Waals surface area (Å²) in [7, 11) is 2.08. The van der Waals surface area contributed by atoms with Crippen molar-refractivity contribution in [1.29, 1.82) is 0 Å². The fourth-order valence-corrected chi connectivity index (χ4v) is 3.94. The van der Waals surface area contributed by atoms with Crippen molar-refractivity contribution in [2.24, 2.45) is 0 Å². The van der Waals surface area contributed by atoms with Crippen LogP contribution in [0, 0.1) is 12.7 Å². The number of anilines is 1. The number of piperazine rings is 1. The van der Waals surface area contributed by atoms with Gasteiger partial charge in [-0.3, -0.25) is 4.98 Å². The van der Waals surface area contributed by atoms with Gasteiger partial charge in [-0.1, -0.05) is 0 Å². The molecule has 154 valence electrons. The van der Waals surface area contributed by atoms with Crippen LogP contribution in [0.1, 0.15) is 12.6 Å². The van der Waals surface area contributed by atoms with Crippen LogP contribution >= 0.6 is 0 Å². The van der Waals surface area contributed by atoms with Crippen molar-refractivity contribution >= 4 is 22.3 Å². The predicted octanol–water partition coefficient (Wildman–Crippen LogP) is 3.09. The highest BCUT2D eigenvalue weighted by Crippen LogP contribution is 2.29. The van der Waals surface area contributed by atoms with Gasteiger partial charge in [0.1, 0.15) is 11.4 Å². The molecule has 1 aliphatic rings. The lowest BCUT2D eigenvalue weighted by atomic mass is 10.1. The van der Waals surface area contributed by atoms with Crippen LogP contribution < -0.4 is 10.5 Å². The number of rotatable bonds is 2. The summed E-state index contributed by atoms with van der Waals surface area (Å²) in [6, 6.07) is 5.15. The Labute approximate surface area is 172 Å². The first-order valence-corrected chi connectivity index (χ1v) is 9.93. The monoisotopic (exact) mass is 407 g/mol. The number of aromatic nitrogens is 3. The van der Waals surface area contributed by atoms with E-state index in [2.05, 4.69) is 33.7 Å². The summed E-state index contributed by atoms with van der Waals surface area (Å²) in [6.45, 7) is 6.49. The van der Waals surface area contributed by atoms with E-state index < -0.39 is 11.4 Å². The van der Waals surface area contributed by atoms with Gasteiger partial charge in [-0.25, -0.2) is 14.2 Å². The van der Waals surface area contributed by atoms with Gasteiger partial charge in [0.25, 0.3) is 0 Å². The molecule has 8 heteroatoms. The zero-order chi connectivity index (χ0) is 21.0. The van der Waals surface area contributed by atoms with E-state index in [0.29, 0.717) is 17.4 Å². The number of benzene rings is 1. The van der Waals surface area contributed by atoms with Gasteiger partial charge in [-0.15, -0.1) is 0 Å². The average Bonchev–Trinajstić information content (AvgIpc) is 3.12. The Kier molecular flexibility index (Phi) is 4.32. The number of fused-ring (bicyclic) bond motifs is 2. The van der Waals surface area contributed by atoms with Crippen molar-refractivity contribution in [3.8, 4) is 11.3 Å². The standard InChI is InChI=1S/C22H22FN5O2/c1-13-10-28-12-19(25-21(28)9-24-13)17-8-16-18(23)6-15(7-20(16)30-22(17)29)27-5-4-26(3)14(2)11-27/h6-10,12,14H,4-5,11H2,1-3H3/t14-/m0/s1. The summed E-state index contributed by atoms with van der Waals surface area (Å²) >= 11 is 0. The van der Waals surface area contributed by atoms with Crippen LogP contribution in [0.2, 0.25) is 0 Å². The molecule has 30 heavy (non-hydrogen) atoms. The molecule has 3 aromatic heterocycles. The van der Waals surface area contributed by atoms with Crippen molar-refractivity contribution in [2.75, 3.05) is 31.6 Å². The van der Waals surface area contributed by atoms with Crippen LogP contribution in [-0.2, 0) is 0 Å². The predicted molar refractivity (Wildman–Crippen MR) is 113 cm³/mol. The summed E-state index contributed by atoms with van der Waals surface area (Å²) in [5.74, 6) is -0.416. The molecule has 0 bridgehead atoms. The van der Waals surface area contributed by atoms with Gasteiger partial charge in [-0.2, -0.15) is 0 Å². The van der Waals surface area contributed by atoms with Crippen molar-refractivity contribution in [3.63, 3.8) is 0 Å². The Morgan fingerprint density at radius 3 is 2.83 bits per heavy atom. The fourth-order valence-electron chi connectivity index (χ4n) is 3.94. The second kappa shape index (κ2) is 6.91. The summed E-state index contributed by atoms with van der Waals surface area (Å²) in [4.78, 5) is 25.7. The van der Waals surface area contributed by atoms with E-state index in [4.69, 9.17) is 4.42 Å². The maximum Gasteiger partial charge on any atom is 0.345 e. The molecule has 7 nitrogen and oxygen atoms in total. The molecule has 1 saturated heterocycles. The molecule has 0 unspecified atom stereocenters. The van der Waals surface area contributed by atoms with Gasteiger partial charge in [-0.05, 0) is 33.0 Å². The molecule has 0 radical (unpaired) electrons. The Balaban J connectivity index is 1.58. The van der Waals surface area contributed by atoms with Crippen molar-refractivity contribution in [3.05, 3.63) is 58.7 Å². The number of hydrogen-bond donors (Lipinski definition) is 0. The Morgan fingerprint density at radius 2 is 2.03 bits per heavy atom. The highest BCUT2D eigenvalue weighted by Gasteiger charge is 2.22. The van der Waals surface area contributed by atoms with Crippen LogP contribution in [0.25, 0.3) is 27.9 Å². The third-order valence-corrected chi connectivity index (χ3v) is 5.86. The lowest BCUT2D eigenvalue weighted by Gasteiger charge is -2.39. The van der Waals surface area contributed by atoms with E-state index in [1.165, 1.54) is 12.1 Å². The largest absolute Gasteiger partial charge is 0.422 e. The lowest BCUT2D eigenvalue weighted by molar-refractivity contribution is 0.234. The maximum atomic E-state index is 15.0. The highest BCUT2D eigenvalue weighted by molar-refractivity contribution is 5.85. The zero-order valence-electron chi connectivity index (χ0n) is 17.1. The van der Waals surface area contributed by atoms with Crippen molar-refractivity contribution < 1.29 is 8.81 Å². The molecule has 4 aromatic rings. The fraction of sp³-hybridized carbons (Fsp3) is 0.318. The first-order valence-electron chi connectivity index (χ1n) is 9.93. The summed E-state index contributed by atoms with van der Waals surface area (Å²) in [6.07, 6.45) is 5.17. The van der Waals surface area contributed by atoms with E-state index in [9.17, 15) is 4.79 Å². The smallest absolute Gasteiger partial charge is 0.345 e. The van der Waals surface area contributed by atoms with Crippen LogP contribution in [0.4, 0.5) is 10.1 Å². The van der Waals surface area contributed by atoms with E-state index in [-0.39, 0.29) is 16.5 Å². The minimum Gasteiger partial charge on any atom is -0.422 e. The van der Waals surface area contributed by atoms with Crippen LogP contribution in [0.5, 0.6) is 0 Å². The summed E-state index contributed by atoms with van der Waals surface area (Å²) < 4.78 is 22.3. The first-order chi connectivity index (χ1) is 14.4. The molecule has 5 rings (SSSR count). The topological polar surface area (TPSA) is 66.9 Å². The van der Waals surface area contributed by atoms with Gasteiger partial charge in [0.15, 0.2) is 5.65 Å². The number of likely N-dealkylation sites (N-methyl/N-ethyl adjacent to an activating group) is 1. The van der Waals surface area contributed by atoms with Crippen molar-refractivity contribution in [2.45, 2.75) is 19.9 Å². The minimum absolute atomic E-state index is 0.226. The van der Waals surface area contributed by atoms with Crippen LogP contribution in [-0.4, -0.2) is 52.0 Å². The van der Waals surface area contributed by atoms with Crippen molar-refractivity contribution in [1.82, 2.24) is 19.3 Å². The Morgan fingerprint density at radius 1 is 1.20 bits per heavy atom. The van der Waals surface area contributed by atoms with E-state index in [0.717, 1.165) is 31.0 Å². The van der Waals surface area contributed by atoms with Crippen LogP contribution in [0.3, 0.4) is 0 Å². The number of nitrogens with zero attached hydrogens (tertiary/aromatic N) is 5. The molecule has 1 aliphatic heterocycles. The second-order valence-corrected chi connectivity index (χ2v) is 7.98. The van der Waals surface area contributed by atoms with E-state index in [1.54, 1.807) is 22.9 Å². The van der Waals surface area contributed by atoms with Crippen LogP contribution in [0.15, 0.2) is 46.0 Å². The number of halogens is 1. The molecule has 0 spiro atoms. The molecule has 0 saturated carbocycles. The maximum absolute atomic E-state index is 15.0. The zero-order valence-corrected chi connectivity index (χ0v) is 17.1. The SMILES string of the molecule is Cc1cn2cc(-c3cc4c(F)cc(N5CCN(C)[C@@H](C)C5)cc4oc3=O)nc2cn1. The number of aryl methyl sites for hydroxylation is 1. The average molecular weight is 407 g/mol. The van der Waals surface area contributed by atoms with E-state index >= 15 is 4.39 Å². The minimum atomic E-state index is -0.543. The normalized spacial score (nSPS) is 17.9. The number of hydrogen-bond acceptors (Lipinski definition) is 6. The van der Waals surface area contributed by atoms with Gasteiger partial charge in [0, 0.05) is 49.8 Å². The lowest BCUT2D eigenvalue weighted by Crippen LogP contribution is -2.50. The quantitative estimate of drug-likeness (QED) is 0.476. The van der Waals surface area contributed by atoms with Gasteiger partial charge in [0.05, 0.1) is 28.5 Å². The summed E-state index contributed by atoms with van der Waals surface area (Å²) in [5, 5.41) is 0.266. The molecule has 1 atom stereocenters. The molecule has 0 amide bonds. The van der Waals surface area contributed by atoms with Gasteiger partial charge < -0.3 is 18.6 Å². The Bertz CT molecular complexity index is 1330. The van der Waals surface area contributed by atoms with Gasteiger partial charge >= 0.3 is 5.63 Å². The molecular weight excluding hydrogens is 385 g/mol. The third-order valence-electron chi connectivity index (χ3n) is 5.86. The molecular formula is C22H22FN5O2. The molecule has 1 fully saturated rings. The highest BCUT2D eigenvalue weighted by atomic mass is 19.1. The third kappa shape index (κ3) is 3.13. The first kappa shape index (κ1) is 18.7. The molecule has 4 heterocycles. The van der Waals surface area contributed by atoms with E-state index in [1.807, 2.05) is 13.1 Å². The second-order valence-electron chi connectivity index (χ2n) is 7.98. The molecule has 0 aliphatic carbocycles. The van der Waals surface area contributed by atoms with Gasteiger partial charge in [0.2, 0.25) is 0 Å². The Hall–Kier alpha value is -3.26. The molecule has 1 aromatic carbocycles. The molecule has 0 N–H and O–H groups in total.